The zero-order chi connectivity index (χ0) is 22.0. The van der Waals surface area contributed by atoms with E-state index in [4.69, 9.17) is 5.10 Å². The van der Waals surface area contributed by atoms with E-state index in [0.717, 1.165) is 22.8 Å². The summed E-state index contributed by atoms with van der Waals surface area (Å²) in [6, 6.07) is 19.0. The van der Waals surface area contributed by atoms with Gasteiger partial charge in [-0.15, -0.1) is 11.3 Å². The van der Waals surface area contributed by atoms with E-state index in [1.807, 2.05) is 16.9 Å². The van der Waals surface area contributed by atoms with Gasteiger partial charge in [0, 0.05) is 34.1 Å². The molecule has 0 fully saturated rings. The largest absolute Gasteiger partial charge is 0.378 e. The Kier molecular flexibility index (Phi) is 5.97. The first kappa shape index (κ1) is 21.3. The van der Waals surface area contributed by atoms with Gasteiger partial charge >= 0.3 is 0 Å². The predicted molar refractivity (Wildman–Crippen MR) is 129 cm³/mol. The number of hydrogen-bond acceptors (Lipinski definition) is 4. The van der Waals surface area contributed by atoms with Crippen LogP contribution in [0.2, 0.25) is 0 Å². The first-order valence-electron chi connectivity index (χ1n) is 10.4. The molecule has 4 rings (SSSR count). The maximum atomic E-state index is 9.77. The lowest BCUT2D eigenvalue weighted by Crippen LogP contribution is -2.18. The van der Waals surface area contributed by atoms with Crippen LogP contribution in [0.1, 0.15) is 47.8 Å². The zero-order valence-electron chi connectivity index (χ0n) is 18.3. The van der Waals surface area contributed by atoms with Crippen molar-refractivity contribution in [3.05, 3.63) is 81.8 Å². The monoisotopic (exact) mass is 429 g/mol. The van der Waals surface area contributed by atoms with Crippen molar-refractivity contribution >= 4 is 22.1 Å². The number of hydrogen-bond donors (Lipinski definition) is 2. The van der Waals surface area contributed by atoms with Crippen LogP contribution in [-0.4, -0.2) is 20.5 Å². The molecule has 0 aliphatic rings. The third-order valence-electron chi connectivity index (χ3n) is 5.24. The van der Waals surface area contributed by atoms with Gasteiger partial charge in [-0.05, 0) is 51.3 Å². The molecule has 0 aliphatic carbocycles. The topological polar surface area (TPSA) is 50.1 Å². The fourth-order valence-electron chi connectivity index (χ4n) is 3.60. The highest BCUT2D eigenvalue weighted by molar-refractivity contribution is 7.12. The van der Waals surface area contributed by atoms with Gasteiger partial charge in [0.25, 0.3) is 0 Å². The molecule has 0 saturated heterocycles. The van der Waals surface area contributed by atoms with Crippen molar-refractivity contribution in [2.75, 3.05) is 0 Å². The molecule has 0 spiro atoms. The van der Waals surface area contributed by atoms with Crippen LogP contribution in [0.3, 0.4) is 0 Å². The van der Waals surface area contributed by atoms with Crippen molar-refractivity contribution in [2.24, 2.45) is 0 Å². The number of aromatic nitrogens is 2. The Hall–Kier alpha value is -2.91. The van der Waals surface area contributed by atoms with Crippen LogP contribution in [0.5, 0.6) is 0 Å². The number of nitrogens with zero attached hydrogens (tertiary/aromatic N) is 2. The van der Waals surface area contributed by atoms with Crippen LogP contribution < -0.4 is 5.32 Å². The van der Waals surface area contributed by atoms with Gasteiger partial charge in [-0.2, -0.15) is 5.10 Å². The van der Waals surface area contributed by atoms with Crippen molar-refractivity contribution in [3.63, 3.8) is 0 Å². The maximum absolute atomic E-state index is 9.77. The minimum Gasteiger partial charge on any atom is -0.378 e. The molecule has 2 heterocycles. The maximum Gasteiger partial charge on any atom is 0.120 e. The van der Waals surface area contributed by atoms with E-state index in [1.165, 1.54) is 21.2 Å². The van der Waals surface area contributed by atoms with E-state index in [-0.39, 0.29) is 6.04 Å². The highest BCUT2D eigenvalue weighted by Gasteiger charge is 2.15. The van der Waals surface area contributed by atoms with Crippen LogP contribution in [0.15, 0.2) is 60.8 Å². The van der Waals surface area contributed by atoms with Crippen molar-refractivity contribution in [3.8, 4) is 17.5 Å². The quantitative estimate of drug-likeness (QED) is 0.420. The van der Waals surface area contributed by atoms with Crippen molar-refractivity contribution in [1.29, 1.82) is 0 Å². The Morgan fingerprint density at radius 1 is 1.13 bits per heavy atom. The van der Waals surface area contributed by atoms with Gasteiger partial charge in [0.05, 0.1) is 16.8 Å². The van der Waals surface area contributed by atoms with E-state index in [9.17, 15) is 5.11 Å². The van der Waals surface area contributed by atoms with E-state index in [0.29, 0.717) is 0 Å². The SMILES string of the molecule is Cc1c([C@@H](C)NCc2ccc(C#CC(C)(C)O)s2)cnn1-c1cccc2ccccc12. The first-order chi connectivity index (χ1) is 14.8. The molecule has 2 aromatic heterocycles. The average molecular weight is 430 g/mol. The summed E-state index contributed by atoms with van der Waals surface area (Å²) in [5.74, 6) is 5.91. The molecule has 158 valence electrons. The molecule has 31 heavy (non-hydrogen) atoms. The molecule has 2 aromatic carbocycles. The van der Waals surface area contributed by atoms with Gasteiger partial charge in [-0.1, -0.05) is 48.2 Å². The number of thiophene rings is 1. The first-order valence-corrected chi connectivity index (χ1v) is 11.2. The Labute approximate surface area is 187 Å². The molecular weight excluding hydrogens is 402 g/mol. The summed E-state index contributed by atoms with van der Waals surface area (Å²) < 4.78 is 2.03. The zero-order valence-corrected chi connectivity index (χ0v) is 19.1. The summed E-state index contributed by atoms with van der Waals surface area (Å²) in [6.07, 6.45) is 1.96. The second-order valence-electron chi connectivity index (χ2n) is 8.27. The van der Waals surface area contributed by atoms with Crippen molar-refractivity contribution in [2.45, 2.75) is 45.9 Å². The minimum atomic E-state index is -0.974. The smallest absolute Gasteiger partial charge is 0.120 e. The van der Waals surface area contributed by atoms with Gasteiger partial charge in [0.2, 0.25) is 0 Å². The van der Waals surface area contributed by atoms with Crippen LogP contribution in [0.4, 0.5) is 0 Å². The van der Waals surface area contributed by atoms with Gasteiger partial charge in [-0.3, -0.25) is 0 Å². The third-order valence-corrected chi connectivity index (χ3v) is 6.25. The third kappa shape index (κ3) is 4.88. The van der Waals surface area contributed by atoms with Crippen molar-refractivity contribution in [1.82, 2.24) is 15.1 Å². The molecule has 5 heteroatoms. The summed E-state index contributed by atoms with van der Waals surface area (Å²) in [6.45, 7) is 8.43. The fraction of sp³-hybridized carbons (Fsp3) is 0.269. The van der Waals surface area contributed by atoms with Crippen LogP contribution in [0, 0.1) is 18.8 Å². The standard InChI is InChI=1S/C26H27N3OS/c1-18(27-16-22-13-12-21(31-22)14-15-26(3,4)30)24-17-28-29(19(24)2)25-11-7-9-20-8-5-6-10-23(20)25/h5-13,17-18,27,30H,16H2,1-4H3/t18-/m1/s1. The summed E-state index contributed by atoms with van der Waals surface area (Å²) in [5, 5.41) is 20.5. The second-order valence-corrected chi connectivity index (χ2v) is 9.44. The van der Waals surface area contributed by atoms with E-state index in [2.05, 4.69) is 79.5 Å². The molecule has 0 unspecified atom stereocenters. The Balaban J connectivity index is 1.49. The highest BCUT2D eigenvalue weighted by atomic mass is 32.1. The summed E-state index contributed by atoms with van der Waals surface area (Å²) in [4.78, 5) is 2.18. The molecule has 0 amide bonds. The fourth-order valence-corrected chi connectivity index (χ4v) is 4.41. The molecule has 0 saturated carbocycles. The molecule has 4 aromatic rings. The van der Waals surface area contributed by atoms with Gasteiger partial charge in [0.15, 0.2) is 0 Å². The van der Waals surface area contributed by atoms with Crippen LogP contribution in [-0.2, 0) is 6.54 Å². The molecule has 0 radical (unpaired) electrons. The number of rotatable bonds is 5. The Morgan fingerprint density at radius 3 is 2.71 bits per heavy atom. The predicted octanol–water partition coefficient (Wildman–Crippen LogP) is 5.37. The lowest BCUT2D eigenvalue weighted by atomic mass is 10.1. The lowest BCUT2D eigenvalue weighted by Gasteiger charge is -2.14. The number of benzene rings is 2. The second kappa shape index (κ2) is 8.68. The number of nitrogens with one attached hydrogen (secondary N) is 1. The number of aliphatic hydroxyl groups is 1. The Morgan fingerprint density at radius 2 is 1.90 bits per heavy atom. The minimum absolute atomic E-state index is 0.164. The summed E-state index contributed by atoms with van der Waals surface area (Å²) >= 11 is 1.65. The molecule has 0 aliphatic heterocycles. The van der Waals surface area contributed by atoms with Crippen LogP contribution >= 0.6 is 11.3 Å². The summed E-state index contributed by atoms with van der Waals surface area (Å²) in [7, 11) is 0. The highest BCUT2D eigenvalue weighted by Crippen LogP contribution is 2.26. The molecule has 1 atom stereocenters. The molecular formula is C26H27N3OS. The van der Waals surface area contributed by atoms with E-state index in [1.54, 1.807) is 25.2 Å². The molecule has 0 bridgehead atoms. The normalized spacial score (nSPS) is 12.5. The average Bonchev–Trinajstić information content (AvgIpc) is 3.36. The van der Waals surface area contributed by atoms with E-state index < -0.39 is 5.60 Å². The number of fused-ring (bicyclic) bond motifs is 1. The molecule has 4 nitrogen and oxygen atoms in total. The Bertz CT molecular complexity index is 1260. The van der Waals surface area contributed by atoms with Crippen LogP contribution in [0.25, 0.3) is 16.5 Å². The molecule has 2 N–H and O–H groups in total. The van der Waals surface area contributed by atoms with Gasteiger partial charge < -0.3 is 10.4 Å². The summed E-state index contributed by atoms with van der Waals surface area (Å²) in [5.41, 5.74) is 2.45. The van der Waals surface area contributed by atoms with Crippen molar-refractivity contribution < 1.29 is 5.11 Å². The van der Waals surface area contributed by atoms with E-state index >= 15 is 0 Å². The lowest BCUT2D eigenvalue weighted by molar-refractivity contribution is 0.143. The van der Waals surface area contributed by atoms with Gasteiger partial charge in [-0.25, -0.2) is 4.68 Å². The van der Waals surface area contributed by atoms with Gasteiger partial charge in [0.1, 0.15) is 5.60 Å².